The highest BCUT2D eigenvalue weighted by Crippen LogP contribution is 2.49. The quantitative estimate of drug-likeness (QED) is 0.456. The van der Waals surface area contributed by atoms with Gasteiger partial charge in [0.15, 0.2) is 0 Å². The molecule has 4 aliphatic heterocycles. The summed E-state index contributed by atoms with van der Waals surface area (Å²) < 4.78 is 7.43. The van der Waals surface area contributed by atoms with E-state index in [0.717, 1.165) is 34.1 Å². The number of aromatic amines is 1. The number of hydrogen-bond acceptors (Lipinski definition) is 6. The summed E-state index contributed by atoms with van der Waals surface area (Å²) in [4.78, 5) is 50.8. The van der Waals surface area contributed by atoms with Gasteiger partial charge in [0.1, 0.15) is 12.1 Å². The zero-order valence-electron chi connectivity index (χ0n) is 25.3. The molecule has 3 amide bonds. The maximum Gasteiger partial charge on any atom is 0.281 e. The Bertz CT molecular complexity index is 1570. The van der Waals surface area contributed by atoms with E-state index in [-0.39, 0.29) is 23.8 Å². The lowest BCUT2D eigenvalue weighted by molar-refractivity contribution is -0.322. The van der Waals surface area contributed by atoms with Gasteiger partial charge in [0.2, 0.25) is 17.5 Å². The lowest BCUT2D eigenvalue weighted by Gasteiger charge is -2.49. The maximum atomic E-state index is 14.4. The number of rotatable bonds is 5. The van der Waals surface area contributed by atoms with Crippen LogP contribution < -0.4 is 5.32 Å². The zero-order chi connectivity index (χ0) is 30.6. The molecule has 6 atom stereocenters. The number of carbonyl (C=O) groups excluding carboxylic acids is 3. The number of aliphatic hydroxyl groups is 1. The van der Waals surface area contributed by atoms with Gasteiger partial charge < -0.3 is 20.3 Å². The fourth-order valence-electron chi connectivity index (χ4n) is 8.15. The van der Waals surface area contributed by atoms with Crippen molar-refractivity contribution in [3.63, 3.8) is 0 Å². The molecule has 0 bridgehead atoms. The number of aromatic nitrogens is 1. The Labute approximate surface area is 259 Å². The minimum absolute atomic E-state index is 0.104. The Morgan fingerprint density at radius 3 is 2.74 bits per heavy atom. The number of H-pyrrole nitrogens is 1. The number of halogens is 1. The molecule has 1 aromatic heterocycles. The Kier molecular flexibility index (Phi) is 6.67. The van der Waals surface area contributed by atoms with Gasteiger partial charge in [-0.25, -0.2) is 0 Å². The van der Waals surface area contributed by atoms with Crippen molar-refractivity contribution in [2.24, 2.45) is 17.8 Å². The summed E-state index contributed by atoms with van der Waals surface area (Å²) in [7, 11) is 2.03. The number of nitrogens with zero attached hydrogens (tertiary/aromatic N) is 3. The first-order chi connectivity index (χ1) is 20.4. The summed E-state index contributed by atoms with van der Waals surface area (Å²) in [6.07, 6.45) is 4.49. The van der Waals surface area contributed by atoms with Crippen LogP contribution in [0.2, 0.25) is 0 Å². The van der Waals surface area contributed by atoms with Gasteiger partial charge >= 0.3 is 0 Å². The van der Waals surface area contributed by atoms with Crippen LogP contribution in [0.25, 0.3) is 16.5 Å². The average molecular weight is 655 g/mol. The molecule has 3 N–H and O–H groups in total. The smallest absolute Gasteiger partial charge is 0.281 e. The number of hydrogen-bond donors (Lipinski definition) is 3. The maximum absolute atomic E-state index is 14.4. The summed E-state index contributed by atoms with van der Waals surface area (Å²) in [6, 6.07) is 4.76. The molecule has 1 aromatic carbocycles. The predicted molar refractivity (Wildman–Crippen MR) is 164 cm³/mol. The topological polar surface area (TPSA) is 118 Å². The van der Waals surface area contributed by atoms with Gasteiger partial charge in [-0.15, -0.1) is 0 Å². The molecule has 3 fully saturated rings. The van der Waals surface area contributed by atoms with E-state index in [1.807, 2.05) is 33.0 Å². The van der Waals surface area contributed by atoms with Crippen LogP contribution in [-0.2, 0) is 25.5 Å². The minimum atomic E-state index is -2.01. The summed E-state index contributed by atoms with van der Waals surface area (Å²) in [5.41, 5.74) is 2.68. The minimum Gasteiger partial charge on any atom is -0.349 e. The van der Waals surface area contributed by atoms with Gasteiger partial charge in [0.25, 0.3) is 11.8 Å². The van der Waals surface area contributed by atoms with E-state index in [1.54, 1.807) is 18.7 Å². The van der Waals surface area contributed by atoms with Crippen LogP contribution in [0.15, 0.2) is 28.9 Å². The molecule has 230 valence electrons. The first-order valence-corrected chi connectivity index (χ1v) is 16.3. The Morgan fingerprint density at radius 2 is 2.02 bits per heavy atom. The van der Waals surface area contributed by atoms with Crippen molar-refractivity contribution in [2.45, 2.75) is 83.1 Å². The van der Waals surface area contributed by atoms with Crippen molar-refractivity contribution >= 4 is 50.1 Å². The molecule has 5 aliphatic rings. The molecule has 1 aliphatic carbocycles. The van der Waals surface area contributed by atoms with Crippen LogP contribution in [-0.4, -0.2) is 92.4 Å². The van der Waals surface area contributed by atoms with Gasteiger partial charge in [0.05, 0.1) is 10.5 Å². The van der Waals surface area contributed by atoms with Crippen molar-refractivity contribution < 1.29 is 24.2 Å². The second kappa shape index (κ2) is 9.89. The lowest BCUT2D eigenvalue weighted by atomic mass is 9.79. The van der Waals surface area contributed by atoms with Gasteiger partial charge in [-0.1, -0.05) is 45.9 Å². The van der Waals surface area contributed by atoms with Crippen molar-refractivity contribution in [3.05, 3.63) is 40.0 Å². The van der Waals surface area contributed by atoms with Crippen LogP contribution in [0.3, 0.4) is 0 Å². The molecule has 0 saturated carbocycles. The number of likely N-dealkylation sites (N-methyl/N-ethyl adjacent to an activating group) is 1. The first kappa shape index (κ1) is 29.0. The first-order valence-electron chi connectivity index (χ1n) is 15.5. The van der Waals surface area contributed by atoms with Crippen molar-refractivity contribution in [2.75, 3.05) is 20.1 Å². The van der Waals surface area contributed by atoms with Crippen LogP contribution in [0.1, 0.15) is 58.1 Å². The summed E-state index contributed by atoms with van der Waals surface area (Å²) in [5.74, 6) is -4.01. The van der Waals surface area contributed by atoms with Gasteiger partial charge in [-0.2, -0.15) is 0 Å². The largest absolute Gasteiger partial charge is 0.349 e. The highest BCUT2D eigenvalue weighted by Gasteiger charge is 2.72. The number of benzene rings is 1. The molecule has 7 rings (SSSR count). The van der Waals surface area contributed by atoms with Crippen molar-refractivity contribution in [3.8, 4) is 0 Å². The Morgan fingerprint density at radius 1 is 1.26 bits per heavy atom. The standard InChI is InChI=1S/C32H40BrN5O5/c1-16(2)12-24-29(40)37-11-7-10-25(37)32(42)38(24)30(41)31(43-32,17(3)4)35-28(39)18-13-20-19-8-6-9-22-26(19)21(27(33)34-22)14-23(20)36(5)15-18/h6,8-9,13,16-18,23-25,34,42H,7,10-12,14-15H2,1-5H3,(H,35,39)/t18-,23-,24+,25+,31?,32+/m1/s1. The fourth-order valence-corrected chi connectivity index (χ4v) is 8.72. The van der Waals surface area contributed by atoms with E-state index in [2.05, 4.69) is 43.3 Å². The lowest BCUT2D eigenvalue weighted by Crippen LogP contribution is -2.71. The highest BCUT2D eigenvalue weighted by molar-refractivity contribution is 9.10. The van der Waals surface area contributed by atoms with E-state index < -0.39 is 41.5 Å². The van der Waals surface area contributed by atoms with Gasteiger partial charge in [-0.3, -0.25) is 28.9 Å². The molecule has 43 heavy (non-hydrogen) atoms. The predicted octanol–water partition coefficient (Wildman–Crippen LogP) is 3.19. The molecule has 5 heterocycles. The van der Waals surface area contributed by atoms with Gasteiger partial charge in [-0.05, 0) is 77.3 Å². The molecule has 2 aromatic rings. The number of carbonyl (C=O) groups is 3. The number of nitrogens with one attached hydrogen (secondary N) is 2. The third-order valence-electron chi connectivity index (χ3n) is 10.3. The highest BCUT2D eigenvalue weighted by atomic mass is 79.9. The SMILES string of the molecule is CC(C)C[C@H]1C(=O)N2CCC[C@H]2[C@]2(O)OC(NC(=O)[C@@H]3C=C4c5cccc6[nH]c(Br)c(c56)C[C@H]4N(C)C3)(C(C)C)C(=O)N12. The second-order valence-electron chi connectivity index (χ2n) is 13.7. The normalized spacial score (nSPS) is 33.7. The molecular formula is C32H40BrN5O5. The third-order valence-corrected chi connectivity index (χ3v) is 10.9. The summed E-state index contributed by atoms with van der Waals surface area (Å²) in [5, 5.41) is 16.3. The molecule has 0 radical (unpaired) electrons. The molecule has 11 heteroatoms. The van der Waals surface area contributed by atoms with E-state index in [0.29, 0.717) is 25.9 Å². The molecular weight excluding hydrogens is 614 g/mol. The van der Waals surface area contributed by atoms with E-state index >= 15 is 0 Å². The molecule has 3 saturated heterocycles. The van der Waals surface area contributed by atoms with E-state index in [9.17, 15) is 19.5 Å². The van der Waals surface area contributed by atoms with Crippen LogP contribution in [0.5, 0.6) is 0 Å². The number of ether oxygens (including phenoxy) is 1. The number of amides is 3. The Hall–Kier alpha value is -2.73. The summed E-state index contributed by atoms with van der Waals surface area (Å²) >= 11 is 3.70. The molecule has 1 unspecified atom stereocenters. The monoisotopic (exact) mass is 653 g/mol. The third kappa shape index (κ3) is 4.04. The fraction of sp³-hybridized carbons (Fsp3) is 0.594. The summed E-state index contributed by atoms with van der Waals surface area (Å²) in [6.45, 7) is 8.57. The molecule has 10 nitrogen and oxygen atoms in total. The van der Waals surface area contributed by atoms with Crippen LogP contribution in [0, 0.1) is 17.8 Å². The van der Waals surface area contributed by atoms with Crippen LogP contribution in [0.4, 0.5) is 0 Å². The van der Waals surface area contributed by atoms with Crippen molar-refractivity contribution in [1.29, 1.82) is 0 Å². The van der Waals surface area contributed by atoms with Crippen molar-refractivity contribution in [1.82, 2.24) is 25.0 Å². The van der Waals surface area contributed by atoms with Gasteiger partial charge in [0, 0.05) is 36.0 Å². The van der Waals surface area contributed by atoms with Crippen LogP contribution >= 0.6 is 15.9 Å². The Balaban J connectivity index is 1.25. The van der Waals surface area contributed by atoms with E-state index in [1.165, 1.54) is 15.8 Å². The second-order valence-corrected chi connectivity index (χ2v) is 14.5. The zero-order valence-corrected chi connectivity index (χ0v) is 26.9. The van der Waals surface area contributed by atoms with E-state index in [4.69, 9.17) is 4.74 Å². The molecule has 0 spiro atoms. The number of piperazine rings is 1. The average Bonchev–Trinajstić information content (AvgIpc) is 3.63. The number of fused-ring (bicyclic) bond motifs is 5.